The van der Waals surface area contributed by atoms with Crippen molar-refractivity contribution in [2.75, 3.05) is 53.2 Å². The van der Waals surface area contributed by atoms with E-state index in [4.69, 9.17) is 28.9 Å². The number of nitrogens with zero attached hydrogens (tertiary/aromatic N) is 5. The van der Waals surface area contributed by atoms with Gasteiger partial charge in [0.15, 0.2) is 0 Å². The van der Waals surface area contributed by atoms with E-state index in [1.807, 2.05) is 45.2 Å². The highest BCUT2D eigenvalue weighted by atomic mass is 32.1. The number of carbonyl (C=O) groups excluding carboxylic acids is 4. The Labute approximate surface area is 374 Å². The molecular formula is C47H63N7O8S. The van der Waals surface area contributed by atoms with Crippen molar-refractivity contribution in [3.05, 3.63) is 58.2 Å². The van der Waals surface area contributed by atoms with E-state index in [1.165, 1.54) is 16.3 Å². The van der Waals surface area contributed by atoms with Crippen LogP contribution >= 0.6 is 11.3 Å². The van der Waals surface area contributed by atoms with Crippen LogP contribution in [0.25, 0.3) is 27.7 Å². The van der Waals surface area contributed by atoms with Crippen LogP contribution in [0.3, 0.4) is 0 Å². The molecule has 2 N–H and O–H groups in total. The average Bonchev–Trinajstić information content (AvgIpc) is 3.57. The number of cyclic esters (lactones) is 1. The molecule has 3 amide bonds. The topological polar surface area (TPSA) is 166 Å². The maximum absolute atomic E-state index is 14.8. The number of aromatic nitrogens is 2. The number of hydrogen-bond acceptors (Lipinski definition) is 12. The molecular weight excluding hydrogens is 823 g/mol. The van der Waals surface area contributed by atoms with E-state index in [0.29, 0.717) is 69.4 Å². The Kier molecular flexibility index (Phi) is 14.4. The molecule has 63 heavy (non-hydrogen) atoms. The van der Waals surface area contributed by atoms with Crippen LogP contribution in [0, 0.1) is 23.2 Å². The van der Waals surface area contributed by atoms with Crippen molar-refractivity contribution in [2.45, 2.75) is 98.6 Å². The Morgan fingerprint density at radius 1 is 1.17 bits per heavy atom. The van der Waals surface area contributed by atoms with E-state index in [9.17, 15) is 19.2 Å². The van der Waals surface area contributed by atoms with Crippen LogP contribution in [-0.4, -0.2) is 121 Å². The Balaban J connectivity index is 1.34. The molecule has 0 spiro atoms. The fraction of sp³-hybridized carbons (Fsp3) is 0.574. The Bertz CT molecular complexity index is 2270. The zero-order chi connectivity index (χ0) is 45.2. The Morgan fingerprint density at radius 2 is 1.94 bits per heavy atom. The van der Waals surface area contributed by atoms with Crippen LogP contribution in [0.2, 0.25) is 0 Å². The molecule has 0 radical (unpaired) electrons. The van der Waals surface area contributed by atoms with Gasteiger partial charge in [0.1, 0.15) is 23.2 Å². The molecule has 2 saturated heterocycles. The summed E-state index contributed by atoms with van der Waals surface area (Å²) in [4.78, 5) is 68.2. The lowest BCUT2D eigenvalue weighted by atomic mass is 9.84. The standard InChI is InChI=1S/C47H63N7O8S/c1-10-30(38(48-11-2)28(6)59-9)40-32-24-47(7,8)26-62-46(58)33-15-14-18-54(51-33)45(57)39(50-42(55)36-27(5)37(36)44(56)52-19-21-60-22-20-52)41(61-13-4)43-49-34(25-63-43)29-16-17-35(31(32)23-29)53(40)12-3/h10-11,16-17,23,25,27-28,33,36-37,39,41,51H,1,12-15,18-22,24,26H2,2-9H3,(H,50,55)/b38-30+,48-11-/t27-,28+,33+,36-,37-,39+,41+/m1/s1. The first-order valence-corrected chi connectivity index (χ1v) is 23.2. The maximum Gasteiger partial charge on any atom is 0.324 e. The van der Waals surface area contributed by atoms with Crippen molar-refractivity contribution >= 4 is 57.7 Å². The molecule has 15 nitrogen and oxygen atoms in total. The van der Waals surface area contributed by atoms with Gasteiger partial charge in [-0.15, -0.1) is 11.3 Å². The quantitative estimate of drug-likeness (QED) is 0.138. The van der Waals surface area contributed by atoms with Gasteiger partial charge in [0.05, 0.1) is 54.8 Å². The van der Waals surface area contributed by atoms with Crippen LogP contribution in [0.5, 0.6) is 0 Å². The minimum Gasteiger partial charge on any atom is -0.464 e. The summed E-state index contributed by atoms with van der Waals surface area (Å²) in [5, 5.41) is 7.90. The van der Waals surface area contributed by atoms with Crippen LogP contribution in [0.4, 0.5) is 0 Å². The van der Waals surface area contributed by atoms with Crippen molar-refractivity contribution < 1.29 is 38.1 Å². The zero-order valence-electron chi connectivity index (χ0n) is 37.9. The van der Waals surface area contributed by atoms with Crippen LogP contribution in [-0.2, 0) is 51.1 Å². The van der Waals surface area contributed by atoms with Gasteiger partial charge in [-0.25, -0.2) is 10.4 Å². The largest absolute Gasteiger partial charge is 0.464 e. The third-order valence-electron chi connectivity index (χ3n) is 12.8. The number of benzene rings is 1. The number of rotatable bonds is 11. The van der Waals surface area contributed by atoms with Gasteiger partial charge < -0.3 is 33.7 Å². The van der Waals surface area contributed by atoms with Crippen molar-refractivity contribution in [1.29, 1.82) is 0 Å². The zero-order valence-corrected chi connectivity index (χ0v) is 38.7. The summed E-state index contributed by atoms with van der Waals surface area (Å²) in [5.41, 5.74) is 8.79. The SMILES string of the molecule is C=C/C(=C(\N=C/C)[C@H](C)OC)c1c2c3cc(ccc3n1CC)-c1csc(n1)[C@@H](OCC)[C@H](NC(=O)[C@@H]1[C@@H](C)[C@H]1C(=O)N1CCOCC1)C(=O)N1CCC[C@H](N1)C(=O)OCC(C)(C)C2. The number of allylic oxidation sites excluding steroid dienone is 2. The van der Waals surface area contributed by atoms with Gasteiger partial charge >= 0.3 is 5.97 Å². The lowest BCUT2D eigenvalue weighted by Gasteiger charge is -2.37. The molecule has 1 saturated carbocycles. The second kappa shape index (κ2) is 19.6. The summed E-state index contributed by atoms with van der Waals surface area (Å²) in [7, 11) is 1.67. The van der Waals surface area contributed by atoms with Crippen LogP contribution in [0.15, 0.2) is 46.9 Å². The maximum atomic E-state index is 14.8. The number of fused-ring (bicyclic) bond motifs is 6. The first kappa shape index (κ1) is 46.3. The number of thiazole rings is 1. The van der Waals surface area contributed by atoms with Crippen molar-refractivity contribution in [3.8, 4) is 11.3 Å². The molecule has 3 aliphatic heterocycles. The number of methoxy groups -OCH3 is 1. The number of hydrogen-bond donors (Lipinski definition) is 2. The molecule has 7 rings (SSSR count). The summed E-state index contributed by atoms with van der Waals surface area (Å²) >= 11 is 1.35. The third kappa shape index (κ3) is 9.42. The second-order valence-electron chi connectivity index (χ2n) is 17.6. The first-order chi connectivity index (χ1) is 30.3. The number of nitrogens with one attached hydrogen (secondary N) is 2. The van der Waals surface area contributed by atoms with E-state index in [0.717, 1.165) is 39.0 Å². The predicted molar refractivity (Wildman–Crippen MR) is 243 cm³/mol. The minimum atomic E-state index is -1.22. The molecule has 3 aromatic rings. The molecule has 2 aromatic heterocycles. The molecule has 6 bridgehead atoms. The fourth-order valence-corrected chi connectivity index (χ4v) is 10.3. The van der Waals surface area contributed by atoms with Gasteiger partial charge in [0.25, 0.3) is 5.91 Å². The molecule has 4 aliphatic rings. The molecule has 16 heteroatoms. The van der Waals surface area contributed by atoms with E-state index < -0.39 is 53.2 Å². The number of aryl methyl sites for hydroxylation is 1. The number of amides is 3. The van der Waals surface area contributed by atoms with Gasteiger partial charge in [-0.1, -0.05) is 39.5 Å². The minimum absolute atomic E-state index is 0.0761. The lowest BCUT2D eigenvalue weighted by Crippen LogP contribution is -2.61. The van der Waals surface area contributed by atoms with Gasteiger partial charge in [0, 0.05) is 78.9 Å². The Hall–Kier alpha value is -4.74. The van der Waals surface area contributed by atoms with Gasteiger partial charge in [0.2, 0.25) is 11.8 Å². The summed E-state index contributed by atoms with van der Waals surface area (Å²) in [5.74, 6) is -2.74. The summed E-state index contributed by atoms with van der Waals surface area (Å²) in [6, 6.07) is 4.27. The lowest BCUT2D eigenvalue weighted by molar-refractivity contribution is -0.156. The molecule has 1 aliphatic carbocycles. The highest BCUT2D eigenvalue weighted by molar-refractivity contribution is 7.10. The normalized spacial score (nSPS) is 26.2. The summed E-state index contributed by atoms with van der Waals surface area (Å²) in [6.45, 7) is 21.3. The number of aliphatic imine (C=N–C) groups is 1. The Morgan fingerprint density at radius 3 is 2.62 bits per heavy atom. The fourth-order valence-electron chi connectivity index (χ4n) is 9.34. The van der Waals surface area contributed by atoms with E-state index in [2.05, 4.69) is 54.8 Å². The predicted octanol–water partition coefficient (Wildman–Crippen LogP) is 5.73. The van der Waals surface area contributed by atoms with Crippen molar-refractivity contribution in [2.24, 2.45) is 28.2 Å². The van der Waals surface area contributed by atoms with E-state index >= 15 is 0 Å². The van der Waals surface area contributed by atoms with Crippen molar-refractivity contribution in [3.63, 3.8) is 0 Å². The summed E-state index contributed by atoms with van der Waals surface area (Å²) < 4.78 is 26.0. The molecule has 3 fully saturated rings. The number of hydrazine groups is 1. The molecule has 5 heterocycles. The molecule has 340 valence electrons. The number of carbonyl (C=O) groups is 4. The van der Waals surface area contributed by atoms with E-state index in [-0.39, 0.29) is 31.1 Å². The first-order valence-electron chi connectivity index (χ1n) is 22.3. The number of esters is 1. The molecule has 1 aromatic carbocycles. The number of morpholine rings is 1. The van der Waals surface area contributed by atoms with Crippen LogP contribution < -0.4 is 10.7 Å². The van der Waals surface area contributed by atoms with E-state index in [1.54, 1.807) is 18.2 Å². The smallest absolute Gasteiger partial charge is 0.324 e. The van der Waals surface area contributed by atoms with Gasteiger partial charge in [-0.2, -0.15) is 0 Å². The van der Waals surface area contributed by atoms with Crippen molar-refractivity contribution in [1.82, 2.24) is 30.2 Å². The average molecular weight is 886 g/mol. The van der Waals surface area contributed by atoms with Gasteiger partial charge in [-0.3, -0.25) is 29.2 Å². The second-order valence-corrected chi connectivity index (χ2v) is 18.5. The van der Waals surface area contributed by atoms with Crippen LogP contribution in [0.1, 0.15) is 83.7 Å². The molecule has 0 unspecified atom stereocenters. The monoisotopic (exact) mass is 885 g/mol. The highest BCUT2D eigenvalue weighted by Gasteiger charge is 2.58. The number of ether oxygens (including phenoxy) is 4. The summed E-state index contributed by atoms with van der Waals surface area (Å²) in [6.07, 6.45) is 3.83. The van der Waals surface area contributed by atoms with Gasteiger partial charge in [-0.05, 0) is 70.6 Å². The third-order valence-corrected chi connectivity index (χ3v) is 13.7. The highest BCUT2D eigenvalue weighted by Crippen LogP contribution is 2.48. The molecule has 7 atom stereocenters.